The largest absolute Gasteiger partial charge is 0.450 e. The molecule has 0 N–H and O–H groups in total. The monoisotopic (exact) mass is 321 g/mol. The lowest BCUT2D eigenvalue weighted by molar-refractivity contribution is -0.386. The fourth-order valence-electron chi connectivity index (χ4n) is 1.79. The lowest BCUT2D eigenvalue weighted by Gasteiger charge is -2.10. The molecule has 98 valence electrons. The first-order valence-electron chi connectivity index (χ1n) is 5.67. The Hall–Kier alpha value is -1.88. The van der Waals surface area contributed by atoms with Crippen LogP contribution in [0.15, 0.2) is 40.9 Å². The van der Waals surface area contributed by atoms with E-state index in [2.05, 4.69) is 15.9 Å². The van der Waals surface area contributed by atoms with Gasteiger partial charge in [0.1, 0.15) is 5.75 Å². The molecule has 2 aromatic rings. The van der Waals surface area contributed by atoms with Gasteiger partial charge in [-0.1, -0.05) is 28.1 Å². The molecule has 19 heavy (non-hydrogen) atoms. The number of para-hydroxylation sites is 1. The summed E-state index contributed by atoms with van der Waals surface area (Å²) >= 11 is 3.37. The molecule has 0 aromatic heterocycles. The number of halogens is 1. The van der Waals surface area contributed by atoms with Crippen LogP contribution in [0.4, 0.5) is 5.69 Å². The van der Waals surface area contributed by atoms with Crippen LogP contribution in [0.25, 0.3) is 0 Å². The first-order chi connectivity index (χ1) is 8.99. The van der Waals surface area contributed by atoms with E-state index in [1.807, 2.05) is 19.1 Å². The minimum Gasteiger partial charge on any atom is -0.450 e. The molecule has 0 bridgehead atoms. The van der Waals surface area contributed by atoms with Crippen molar-refractivity contribution in [2.45, 2.75) is 13.8 Å². The number of nitrogens with zero attached hydrogens (tertiary/aromatic N) is 1. The van der Waals surface area contributed by atoms with E-state index in [-0.39, 0.29) is 11.4 Å². The van der Waals surface area contributed by atoms with Crippen LogP contribution in [0.2, 0.25) is 0 Å². The van der Waals surface area contributed by atoms with Crippen molar-refractivity contribution < 1.29 is 9.66 Å². The van der Waals surface area contributed by atoms with Crippen LogP contribution >= 0.6 is 15.9 Å². The topological polar surface area (TPSA) is 52.4 Å². The molecule has 0 amide bonds. The minimum absolute atomic E-state index is 0.00446. The highest BCUT2D eigenvalue weighted by atomic mass is 79.9. The van der Waals surface area contributed by atoms with Crippen LogP contribution < -0.4 is 4.74 Å². The average Bonchev–Trinajstić information content (AvgIpc) is 2.32. The molecular formula is C14H12BrNO3. The van der Waals surface area contributed by atoms with Crippen LogP contribution in [0.3, 0.4) is 0 Å². The van der Waals surface area contributed by atoms with Gasteiger partial charge in [0, 0.05) is 10.0 Å². The van der Waals surface area contributed by atoms with Gasteiger partial charge in [-0.05, 0) is 43.7 Å². The van der Waals surface area contributed by atoms with Gasteiger partial charge in [0.25, 0.3) is 0 Å². The van der Waals surface area contributed by atoms with E-state index in [0.29, 0.717) is 11.3 Å². The van der Waals surface area contributed by atoms with E-state index >= 15 is 0 Å². The number of ether oxygens (including phenoxy) is 1. The van der Waals surface area contributed by atoms with Crippen LogP contribution in [-0.2, 0) is 0 Å². The quantitative estimate of drug-likeness (QED) is 0.604. The first kappa shape index (κ1) is 13.5. The number of benzene rings is 2. The molecule has 0 atom stereocenters. The Bertz CT molecular complexity index is 641. The highest BCUT2D eigenvalue weighted by Gasteiger charge is 2.19. The summed E-state index contributed by atoms with van der Waals surface area (Å²) in [5, 5.41) is 11.1. The predicted octanol–water partition coefficient (Wildman–Crippen LogP) is 4.77. The molecule has 0 spiro atoms. The van der Waals surface area contributed by atoms with Crippen molar-refractivity contribution in [3.8, 4) is 11.5 Å². The highest BCUT2D eigenvalue weighted by Crippen LogP contribution is 2.35. The minimum atomic E-state index is -0.418. The van der Waals surface area contributed by atoms with Crippen molar-refractivity contribution in [3.63, 3.8) is 0 Å². The summed E-state index contributed by atoms with van der Waals surface area (Å²) in [6, 6.07) is 10.6. The average molecular weight is 322 g/mol. The molecule has 4 nitrogen and oxygen atoms in total. The third kappa shape index (κ3) is 2.93. The normalized spacial score (nSPS) is 10.3. The molecule has 0 saturated carbocycles. The van der Waals surface area contributed by atoms with E-state index in [1.165, 1.54) is 0 Å². The fraction of sp³-hybridized carbons (Fsp3) is 0.143. The van der Waals surface area contributed by atoms with Gasteiger partial charge in [0.05, 0.1) is 4.92 Å². The fourth-order valence-corrected chi connectivity index (χ4v) is 2.27. The lowest BCUT2D eigenvalue weighted by Crippen LogP contribution is -1.96. The molecule has 2 rings (SSSR count). The van der Waals surface area contributed by atoms with Crippen LogP contribution in [0.5, 0.6) is 11.5 Å². The molecule has 0 aliphatic rings. The second-order valence-electron chi connectivity index (χ2n) is 4.19. The summed E-state index contributed by atoms with van der Waals surface area (Å²) in [5.74, 6) is 0.868. The number of rotatable bonds is 3. The van der Waals surface area contributed by atoms with Gasteiger partial charge in [-0.15, -0.1) is 0 Å². The summed E-state index contributed by atoms with van der Waals surface area (Å²) in [7, 11) is 0. The Morgan fingerprint density at radius 1 is 1.11 bits per heavy atom. The van der Waals surface area contributed by atoms with Crippen molar-refractivity contribution >= 4 is 21.6 Å². The van der Waals surface area contributed by atoms with Crippen LogP contribution in [-0.4, -0.2) is 4.92 Å². The number of nitro groups is 1. The Balaban J connectivity index is 2.44. The summed E-state index contributed by atoms with van der Waals surface area (Å²) < 4.78 is 6.62. The third-order valence-electron chi connectivity index (χ3n) is 2.74. The molecule has 0 fully saturated rings. The number of nitro benzene ring substituents is 1. The van der Waals surface area contributed by atoms with Gasteiger partial charge in [0.2, 0.25) is 5.75 Å². The summed E-state index contributed by atoms with van der Waals surface area (Å²) in [6.07, 6.45) is 0. The zero-order valence-corrected chi connectivity index (χ0v) is 12.1. The zero-order chi connectivity index (χ0) is 14.0. The zero-order valence-electron chi connectivity index (χ0n) is 10.5. The van der Waals surface area contributed by atoms with E-state index in [1.54, 1.807) is 31.2 Å². The second kappa shape index (κ2) is 5.40. The highest BCUT2D eigenvalue weighted by molar-refractivity contribution is 9.10. The van der Waals surface area contributed by atoms with Crippen molar-refractivity contribution in [1.82, 2.24) is 0 Å². The maximum Gasteiger partial charge on any atom is 0.314 e. The molecule has 0 saturated heterocycles. The maximum atomic E-state index is 11.1. The van der Waals surface area contributed by atoms with Crippen molar-refractivity contribution in [2.75, 3.05) is 0 Å². The predicted molar refractivity (Wildman–Crippen MR) is 76.8 cm³/mol. The molecule has 5 heteroatoms. The van der Waals surface area contributed by atoms with Gasteiger partial charge in [-0.25, -0.2) is 0 Å². The van der Waals surface area contributed by atoms with E-state index in [9.17, 15) is 10.1 Å². The van der Waals surface area contributed by atoms with E-state index in [0.717, 1.165) is 10.0 Å². The van der Waals surface area contributed by atoms with E-state index < -0.39 is 4.92 Å². The van der Waals surface area contributed by atoms with Crippen molar-refractivity contribution in [1.29, 1.82) is 0 Å². The van der Waals surface area contributed by atoms with Gasteiger partial charge < -0.3 is 4.74 Å². The number of aryl methyl sites for hydroxylation is 2. The standard InChI is InChI=1S/C14H12BrNO3/c1-9-4-3-5-13(14(9)16(17)18)19-12-7-6-11(15)8-10(12)2/h3-8H,1-2H3. The molecule has 0 heterocycles. The van der Waals surface area contributed by atoms with Crippen molar-refractivity contribution in [2.24, 2.45) is 0 Å². The van der Waals surface area contributed by atoms with Gasteiger partial charge in [0.15, 0.2) is 0 Å². The molecule has 2 aromatic carbocycles. The number of hydrogen-bond donors (Lipinski definition) is 0. The second-order valence-corrected chi connectivity index (χ2v) is 5.11. The van der Waals surface area contributed by atoms with Crippen LogP contribution in [0, 0.1) is 24.0 Å². The van der Waals surface area contributed by atoms with Crippen molar-refractivity contribution in [3.05, 3.63) is 62.1 Å². The molecule has 0 aliphatic heterocycles. The maximum absolute atomic E-state index is 11.1. The molecular weight excluding hydrogens is 310 g/mol. The number of hydrogen-bond acceptors (Lipinski definition) is 3. The SMILES string of the molecule is Cc1cc(Br)ccc1Oc1cccc(C)c1[N+](=O)[O-]. The molecule has 0 unspecified atom stereocenters. The lowest BCUT2D eigenvalue weighted by atomic mass is 10.2. The first-order valence-corrected chi connectivity index (χ1v) is 6.46. The van der Waals surface area contributed by atoms with E-state index in [4.69, 9.17) is 4.74 Å². The summed E-state index contributed by atoms with van der Waals surface area (Å²) in [6.45, 7) is 3.58. The molecule has 0 aliphatic carbocycles. The Kier molecular flexibility index (Phi) is 3.85. The summed E-state index contributed by atoms with van der Waals surface area (Å²) in [4.78, 5) is 10.7. The Morgan fingerprint density at radius 3 is 2.47 bits per heavy atom. The van der Waals surface area contributed by atoms with Gasteiger partial charge >= 0.3 is 5.69 Å². The Morgan fingerprint density at radius 2 is 1.84 bits per heavy atom. The van der Waals surface area contributed by atoms with Crippen LogP contribution in [0.1, 0.15) is 11.1 Å². The summed E-state index contributed by atoms with van der Waals surface area (Å²) in [5.41, 5.74) is 1.49. The van der Waals surface area contributed by atoms with Gasteiger partial charge in [-0.2, -0.15) is 0 Å². The van der Waals surface area contributed by atoms with Gasteiger partial charge in [-0.3, -0.25) is 10.1 Å². The smallest absolute Gasteiger partial charge is 0.314 e. The third-order valence-corrected chi connectivity index (χ3v) is 3.23. The Labute approximate surface area is 119 Å². The molecule has 0 radical (unpaired) electrons.